The van der Waals surface area contributed by atoms with Gasteiger partial charge in [-0.3, -0.25) is 0 Å². The predicted molar refractivity (Wildman–Crippen MR) is 74.7 cm³/mol. The Labute approximate surface area is 113 Å². The van der Waals surface area contributed by atoms with Crippen LogP contribution in [0.3, 0.4) is 0 Å². The molecule has 1 aromatic carbocycles. The quantitative estimate of drug-likeness (QED) is 0.846. The number of hydrogen-bond acceptors (Lipinski definition) is 1. The topological polar surface area (TPSA) is 26.0 Å². The van der Waals surface area contributed by atoms with E-state index < -0.39 is 0 Å². The lowest BCUT2D eigenvalue weighted by atomic mass is 9.75. The van der Waals surface area contributed by atoms with Crippen molar-refractivity contribution in [1.29, 1.82) is 0 Å². The van der Waals surface area contributed by atoms with Crippen LogP contribution in [0, 0.1) is 5.92 Å². The van der Waals surface area contributed by atoms with Crippen molar-refractivity contribution in [1.82, 2.24) is 0 Å². The summed E-state index contributed by atoms with van der Waals surface area (Å²) in [6.07, 6.45) is 5.33. The summed E-state index contributed by atoms with van der Waals surface area (Å²) in [5.74, 6) is 0.799. The van der Waals surface area contributed by atoms with Crippen LogP contribution >= 0.6 is 23.2 Å². The minimum Gasteiger partial charge on any atom is -0.325 e. The Morgan fingerprint density at radius 3 is 2.29 bits per heavy atom. The molecule has 0 spiro atoms. The molecule has 0 saturated heterocycles. The first-order valence-electron chi connectivity index (χ1n) is 6.22. The highest BCUT2D eigenvalue weighted by molar-refractivity contribution is 6.36. The molecule has 1 aromatic rings. The van der Waals surface area contributed by atoms with E-state index in [0.717, 1.165) is 40.8 Å². The Morgan fingerprint density at radius 2 is 1.76 bits per heavy atom. The van der Waals surface area contributed by atoms with Crippen molar-refractivity contribution in [3.63, 3.8) is 0 Å². The molecule has 2 N–H and O–H groups in total. The van der Waals surface area contributed by atoms with Crippen molar-refractivity contribution in [3.8, 4) is 0 Å². The van der Waals surface area contributed by atoms with E-state index in [0.29, 0.717) is 0 Å². The van der Waals surface area contributed by atoms with Crippen molar-refractivity contribution < 1.29 is 0 Å². The molecule has 17 heavy (non-hydrogen) atoms. The van der Waals surface area contributed by atoms with Gasteiger partial charge in [0.2, 0.25) is 0 Å². The second-order valence-corrected chi connectivity index (χ2v) is 6.24. The van der Waals surface area contributed by atoms with Gasteiger partial charge in [0.1, 0.15) is 0 Å². The summed E-state index contributed by atoms with van der Waals surface area (Å²) in [6, 6.07) is 5.65. The molecule has 0 bridgehead atoms. The van der Waals surface area contributed by atoms with Crippen LogP contribution < -0.4 is 5.73 Å². The van der Waals surface area contributed by atoms with Gasteiger partial charge in [-0.25, -0.2) is 0 Å². The first-order chi connectivity index (χ1) is 8.00. The minimum absolute atomic E-state index is 0.124. The Hall–Kier alpha value is -0.240. The minimum atomic E-state index is -0.124. The van der Waals surface area contributed by atoms with Gasteiger partial charge in [0.05, 0.1) is 0 Å². The maximum Gasteiger partial charge on any atom is 0.0453 e. The van der Waals surface area contributed by atoms with Gasteiger partial charge >= 0.3 is 0 Å². The summed E-state index contributed by atoms with van der Waals surface area (Å²) in [7, 11) is 0. The summed E-state index contributed by atoms with van der Waals surface area (Å²) in [4.78, 5) is 0. The fourth-order valence-electron chi connectivity index (χ4n) is 2.57. The molecular formula is C14H19Cl2N. The zero-order valence-electron chi connectivity index (χ0n) is 10.2. The Balaban J connectivity index is 2.15. The molecule has 3 heteroatoms. The van der Waals surface area contributed by atoms with Gasteiger partial charge < -0.3 is 5.73 Å². The standard InChI is InChI=1S/C14H19Cl2N/c1-10-5-7-14(17,8-6-10)9-11-12(15)3-2-4-13(11)16/h2-4,10H,5-9,17H2,1H3. The van der Waals surface area contributed by atoms with Crippen molar-refractivity contribution in [2.75, 3.05) is 0 Å². The van der Waals surface area contributed by atoms with Crippen LogP contribution in [0.15, 0.2) is 18.2 Å². The Bertz CT molecular complexity index is 375. The van der Waals surface area contributed by atoms with Gasteiger partial charge in [-0.1, -0.05) is 36.2 Å². The van der Waals surface area contributed by atoms with Gasteiger partial charge in [0.25, 0.3) is 0 Å². The van der Waals surface area contributed by atoms with E-state index in [-0.39, 0.29) is 5.54 Å². The highest BCUT2D eigenvalue weighted by Crippen LogP contribution is 2.35. The van der Waals surface area contributed by atoms with E-state index in [1.165, 1.54) is 12.8 Å². The number of halogens is 2. The SMILES string of the molecule is CC1CCC(N)(Cc2c(Cl)cccc2Cl)CC1. The Kier molecular flexibility index (Phi) is 4.02. The molecule has 0 aliphatic heterocycles. The lowest BCUT2D eigenvalue weighted by molar-refractivity contribution is 0.244. The molecule has 0 amide bonds. The first kappa shape index (κ1) is 13.2. The maximum absolute atomic E-state index is 6.47. The third kappa shape index (κ3) is 3.15. The average Bonchev–Trinajstić information content (AvgIpc) is 2.29. The molecular weight excluding hydrogens is 253 g/mol. The maximum atomic E-state index is 6.47. The summed E-state index contributed by atoms with van der Waals surface area (Å²) in [5.41, 5.74) is 7.36. The van der Waals surface area contributed by atoms with Gasteiger partial charge in [-0.05, 0) is 55.7 Å². The molecule has 0 unspecified atom stereocenters. The molecule has 1 saturated carbocycles. The molecule has 0 radical (unpaired) electrons. The van der Waals surface area contributed by atoms with Crippen molar-refractivity contribution in [3.05, 3.63) is 33.8 Å². The summed E-state index contributed by atoms with van der Waals surface area (Å²) < 4.78 is 0. The van der Waals surface area contributed by atoms with Crippen LogP contribution in [0.2, 0.25) is 10.0 Å². The lowest BCUT2D eigenvalue weighted by Crippen LogP contribution is -2.45. The van der Waals surface area contributed by atoms with Gasteiger partial charge in [0, 0.05) is 15.6 Å². The largest absolute Gasteiger partial charge is 0.325 e. The fraction of sp³-hybridized carbons (Fsp3) is 0.571. The van der Waals surface area contributed by atoms with Crippen molar-refractivity contribution in [2.45, 2.75) is 44.6 Å². The van der Waals surface area contributed by atoms with E-state index in [2.05, 4.69) is 6.92 Å². The number of rotatable bonds is 2. The van der Waals surface area contributed by atoms with Crippen LogP contribution in [0.4, 0.5) is 0 Å². The monoisotopic (exact) mass is 271 g/mol. The van der Waals surface area contributed by atoms with Gasteiger partial charge in [0.15, 0.2) is 0 Å². The lowest BCUT2D eigenvalue weighted by Gasteiger charge is -2.36. The molecule has 94 valence electrons. The van der Waals surface area contributed by atoms with E-state index >= 15 is 0 Å². The second kappa shape index (κ2) is 5.17. The van der Waals surface area contributed by atoms with E-state index in [9.17, 15) is 0 Å². The molecule has 0 aromatic heterocycles. The third-order valence-corrected chi connectivity index (χ3v) is 4.57. The Morgan fingerprint density at radius 1 is 1.24 bits per heavy atom. The van der Waals surface area contributed by atoms with Crippen molar-refractivity contribution in [2.24, 2.45) is 11.7 Å². The summed E-state index contributed by atoms with van der Waals surface area (Å²) in [5, 5.41) is 1.47. The highest BCUT2D eigenvalue weighted by atomic mass is 35.5. The second-order valence-electron chi connectivity index (χ2n) is 5.42. The summed E-state index contributed by atoms with van der Waals surface area (Å²) >= 11 is 12.4. The molecule has 0 heterocycles. The zero-order chi connectivity index (χ0) is 12.5. The van der Waals surface area contributed by atoms with Crippen LogP contribution in [-0.4, -0.2) is 5.54 Å². The van der Waals surface area contributed by atoms with E-state index in [1.54, 1.807) is 0 Å². The smallest absolute Gasteiger partial charge is 0.0453 e. The molecule has 1 fully saturated rings. The van der Waals surface area contributed by atoms with E-state index in [1.807, 2.05) is 18.2 Å². The number of nitrogens with two attached hydrogens (primary N) is 1. The van der Waals surface area contributed by atoms with Crippen LogP contribution in [0.25, 0.3) is 0 Å². The van der Waals surface area contributed by atoms with Gasteiger partial charge in [-0.2, -0.15) is 0 Å². The predicted octanol–water partition coefficient (Wildman–Crippen LogP) is 4.44. The summed E-state index contributed by atoms with van der Waals surface area (Å²) in [6.45, 7) is 2.29. The first-order valence-corrected chi connectivity index (χ1v) is 6.97. The van der Waals surface area contributed by atoms with Crippen LogP contribution in [0.1, 0.15) is 38.2 Å². The molecule has 1 aliphatic rings. The van der Waals surface area contributed by atoms with Crippen LogP contribution in [0.5, 0.6) is 0 Å². The normalized spacial score (nSPS) is 29.3. The highest BCUT2D eigenvalue weighted by Gasteiger charge is 2.31. The number of hydrogen-bond donors (Lipinski definition) is 1. The van der Waals surface area contributed by atoms with Crippen LogP contribution in [-0.2, 0) is 6.42 Å². The van der Waals surface area contributed by atoms with E-state index in [4.69, 9.17) is 28.9 Å². The average molecular weight is 272 g/mol. The molecule has 1 aliphatic carbocycles. The molecule has 2 rings (SSSR count). The number of benzene rings is 1. The fourth-order valence-corrected chi connectivity index (χ4v) is 3.10. The zero-order valence-corrected chi connectivity index (χ0v) is 11.7. The third-order valence-electron chi connectivity index (χ3n) is 3.86. The molecule has 0 atom stereocenters. The van der Waals surface area contributed by atoms with Gasteiger partial charge in [-0.15, -0.1) is 0 Å². The van der Waals surface area contributed by atoms with Crippen molar-refractivity contribution >= 4 is 23.2 Å². The molecule has 1 nitrogen and oxygen atoms in total.